The van der Waals surface area contributed by atoms with Crippen molar-refractivity contribution >= 4 is 40.4 Å². The summed E-state index contributed by atoms with van der Waals surface area (Å²) in [5.41, 5.74) is 0.605. The first-order chi connectivity index (χ1) is 14.1. The number of carbonyl (C=O) groups excluding carboxylic acids is 2. The standard InChI is InChI=1S/C19H24ClN5O3S/c20-14-3-1-4-15(13-14)22-18(27)19-24-23-17(29-19)6-2-5-16(26)21-7-8-25-9-11-28-12-10-25/h1,3-4,13H,2,5-12H2,(H,21,26)(H,22,27). The molecular formula is C19H24ClN5O3S. The Hall–Kier alpha value is -2.07. The van der Waals surface area contributed by atoms with Crippen molar-refractivity contribution in [3.8, 4) is 0 Å². The Morgan fingerprint density at radius 1 is 1.24 bits per heavy atom. The monoisotopic (exact) mass is 437 g/mol. The molecule has 0 atom stereocenters. The van der Waals surface area contributed by atoms with Gasteiger partial charge in [0, 0.05) is 49.7 Å². The summed E-state index contributed by atoms with van der Waals surface area (Å²) in [4.78, 5) is 26.5. The van der Waals surface area contributed by atoms with Crippen LogP contribution in [0.25, 0.3) is 0 Å². The normalized spacial score (nSPS) is 14.5. The van der Waals surface area contributed by atoms with Crippen LogP contribution in [0.15, 0.2) is 24.3 Å². The highest BCUT2D eigenvalue weighted by atomic mass is 35.5. The maximum Gasteiger partial charge on any atom is 0.286 e. The van der Waals surface area contributed by atoms with Crippen molar-refractivity contribution in [3.63, 3.8) is 0 Å². The molecule has 10 heteroatoms. The molecule has 3 rings (SSSR count). The molecule has 0 unspecified atom stereocenters. The molecule has 156 valence electrons. The third kappa shape index (κ3) is 7.36. The molecule has 1 aliphatic heterocycles. The molecule has 1 aromatic heterocycles. The number of hydrogen-bond donors (Lipinski definition) is 2. The number of aromatic nitrogens is 2. The zero-order chi connectivity index (χ0) is 20.5. The number of rotatable bonds is 9. The van der Waals surface area contributed by atoms with Crippen molar-refractivity contribution in [1.29, 1.82) is 0 Å². The average molecular weight is 438 g/mol. The van der Waals surface area contributed by atoms with Gasteiger partial charge in [-0.15, -0.1) is 10.2 Å². The predicted octanol–water partition coefficient (Wildman–Crippen LogP) is 2.21. The number of carbonyl (C=O) groups is 2. The summed E-state index contributed by atoms with van der Waals surface area (Å²) < 4.78 is 5.30. The molecule has 1 aromatic carbocycles. The summed E-state index contributed by atoms with van der Waals surface area (Å²) in [5.74, 6) is -0.293. The Bertz CT molecular complexity index is 826. The molecule has 2 heterocycles. The summed E-state index contributed by atoms with van der Waals surface area (Å²) in [7, 11) is 0. The highest BCUT2D eigenvalue weighted by molar-refractivity contribution is 7.13. The van der Waals surface area contributed by atoms with Gasteiger partial charge in [0.1, 0.15) is 5.01 Å². The Morgan fingerprint density at radius 2 is 2.07 bits per heavy atom. The van der Waals surface area contributed by atoms with E-state index in [1.165, 1.54) is 11.3 Å². The van der Waals surface area contributed by atoms with E-state index in [1.54, 1.807) is 24.3 Å². The van der Waals surface area contributed by atoms with Crippen LogP contribution in [0.1, 0.15) is 27.7 Å². The topological polar surface area (TPSA) is 96.5 Å². The lowest BCUT2D eigenvalue weighted by atomic mass is 10.2. The molecule has 8 nitrogen and oxygen atoms in total. The van der Waals surface area contributed by atoms with Crippen LogP contribution in [0, 0.1) is 0 Å². The van der Waals surface area contributed by atoms with Gasteiger partial charge in [-0.05, 0) is 24.6 Å². The van der Waals surface area contributed by atoms with E-state index in [9.17, 15) is 9.59 Å². The van der Waals surface area contributed by atoms with Crippen molar-refractivity contribution in [1.82, 2.24) is 20.4 Å². The Balaban J connectivity index is 1.34. The van der Waals surface area contributed by atoms with E-state index in [0.717, 1.165) is 37.9 Å². The van der Waals surface area contributed by atoms with E-state index in [1.807, 2.05) is 0 Å². The number of nitrogens with one attached hydrogen (secondary N) is 2. The van der Waals surface area contributed by atoms with Gasteiger partial charge in [0.25, 0.3) is 5.91 Å². The van der Waals surface area contributed by atoms with Crippen molar-refractivity contribution in [2.45, 2.75) is 19.3 Å². The second kappa shape index (κ2) is 11.2. The summed E-state index contributed by atoms with van der Waals surface area (Å²) >= 11 is 7.15. The fraction of sp³-hybridized carbons (Fsp3) is 0.474. The lowest BCUT2D eigenvalue weighted by Crippen LogP contribution is -2.41. The Labute approximate surface area is 178 Å². The minimum absolute atomic E-state index is 0.0293. The van der Waals surface area contributed by atoms with Crippen LogP contribution >= 0.6 is 22.9 Å². The summed E-state index contributed by atoms with van der Waals surface area (Å²) in [5, 5.41) is 15.2. The van der Waals surface area contributed by atoms with Crippen LogP contribution in [0.2, 0.25) is 5.02 Å². The molecule has 0 aliphatic carbocycles. The van der Waals surface area contributed by atoms with Crippen molar-refractivity contribution in [2.75, 3.05) is 44.7 Å². The summed E-state index contributed by atoms with van der Waals surface area (Å²) in [6, 6.07) is 6.91. The first kappa shape index (κ1) is 21.6. The van der Waals surface area contributed by atoms with Crippen LogP contribution in [-0.2, 0) is 16.0 Å². The molecule has 0 bridgehead atoms. The van der Waals surface area contributed by atoms with E-state index in [-0.39, 0.29) is 16.8 Å². The smallest absolute Gasteiger partial charge is 0.286 e. The Morgan fingerprint density at radius 3 is 2.86 bits per heavy atom. The fourth-order valence-electron chi connectivity index (χ4n) is 2.86. The number of ether oxygens (including phenoxy) is 1. The number of amides is 2. The van der Waals surface area contributed by atoms with E-state index in [4.69, 9.17) is 16.3 Å². The molecule has 2 N–H and O–H groups in total. The maximum atomic E-state index is 12.2. The average Bonchev–Trinajstić information content (AvgIpc) is 3.18. The maximum absolute atomic E-state index is 12.2. The predicted molar refractivity (Wildman–Crippen MR) is 113 cm³/mol. The quantitative estimate of drug-likeness (QED) is 0.624. The number of hydrogen-bond acceptors (Lipinski definition) is 7. The second-order valence-electron chi connectivity index (χ2n) is 6.62. The third-order valence-electron chi connectivity index (χ3n) is 4.39. The first-order valence-corrected chi connectivity index (χ1v) is 10.8. The number of anilines is 1. The highest BCUT2D eigenvalue weighted by Gasteiger charge is 2.14. The minimum atomic E-state index is -0.322. The molecule has 1 aliphatic rings. The molecule has 2 aromatic rings. The number of halogens is 1. The lowest BCUT2D eigenvalue weighted by molar-refractivity contribution is -0.121. The van der Waals surface area contributed by atoms with Gasteiger partial charge >= 0.3 is 0 Å². The molecular weight excluding hydrogens is 414 g/mol. The molecule has 2 amide bonds. The van der Waals surface area contributed by atoms with Gasteiger partial charge in [0.05, 0.1) is 13.2 Å². The number of aryl methyl sites for hydroxylation is 1. The second-order valence-corrected chi connectivity index (χ2v) is 8.12. The van der Waals surface area contributed by atoms with Gasteiger partial charge in [-0.3, -0.25) is 14.5 Å². The highest BCUT2D eigenvalue weighted by Crippen LogP contribution is 2.18. The Kier molecular flexibility index (Phi) is 8.36. The van der Waals surface area contributed by atoms with Gasteiger partial charge in [-0.1, -0.05) is 29.0 Å². The van der Waals surface area contributed by atoms with Gasteiger partial charge in [-0.2, -0.15) is 0 Å². The SMILES string of the molecule is O=C(CCCc1nnc(C(=O)Nc2cccc(Cl)c2)s1)NCCN1CCOCC1. The number of benzene rings is 1. The van der Waals surface area contributed by atoms with E-state index >= 15 is 0 Å². The number of nitrogens with zero attached hydrogens (tertiary/aromatic N) is 3. The van der Waals surface area contributed by atoms with Crippen LogP contribution in [-0.4, -0.2) is 66.3 Å². The van der Waals surface area contributed by atoms with Gasteiger partial charge in [0.15, 0.2) is 0 Å². The van der Waals surface area contributed by atoms with E-state index in [0.29, 0.717) is 36.5 Å². The molecule has 0 radical (unpaired) electrons. The zero-order valence-corrected chi connectivity index (χ0v) is 17.6. The van der Waals surface area contributed by atoms with Gasteiger partial charge in [0.2, 0.25) is 10.9 Å². The third-order valence-corrected chi connectivity index (χ3v) is 5.61. The van der Waals surface area contributed by atoms with Crippen LogP contribution in [0.4, 0.5) is 5.69 Å². The lowest BCUT2D eigenvalue weighted by Gasteiger charge is -2.26. The minimum Gasteiger partial charge on any atom is -0.379 e. The van der Waals surface area contributed by atoms with E-state index in [2.05, 4.69) is 25.7 Å². The van der Waals surface area contributed by atoms with Crippen molar-refractivity contribution in [2.24, 2.45) is 0 Å². The van der Waals surface area contributed by atoms with Gasteiger partial charge < -0.3 is 15.4 Å². The largest absolute Gasteiger partial charge is 0.379 e. The van der Waals surface area contributed by atoms with Crippen LogP contribution < -0.4 is 10.6 Å². The van der Waals surface area contributed by atoms with Gasteiger partial charge in [-0.25, -0.2) is 0 Å². The number of morpholine rings is 1. The first-order valence-electron chi connectivity index (χ1n) is 9.56. The molecule has 29 heavy (non-hydrogen) atoms. The van der Waals surface area contributed by atoms with E-state index < -0.39 is 0 Å². The summed E-state index contributed by atoms with van der Waals surface area (Å²) in [6.45, 7) is 4.84. The zero-order valence-electron chi connectivity index (χ0n) is 16.0. The molecule has 0 saturated carbocycles. The molecule has 1 fully saturated rings. The molecule has 0 spiro atoms. The van der Waals surface area contributed by atoms with Crippen molar-refractivity contribution < 1.29 is 14.3 Å². The van der Waals surface area contributed by atoms with Crippen LogP contribution in [0.5, 0.6) is 0 Å². The fourth-order valence-corrected chi connectivity index (χ4v) is 3.83. The summed E-state index contributed by atoms with van der Waals surface area (Å²) in [6.07, 6.45) is 1.69. The molecule has 1 saturated heterocycles. The van der Waals surface area contributed by atoms with Crippen LogP contribution in [0.3, 0.4) is 0 Å². The van der Waals surface area contributed by atoms with Crippen molar-refractivity contribution in [3.05, 3.63) is 39.3 Å².